The van der Waals surface area contributed by atoms with Gasteiger partial charge >= 0.3 is 0 Å². The molecular formula is C38H35NO. The van der Waals surface area contributed by atoms with Gasteiger partial charge in [0.2, 0.25) is 0 Å². The predicted molar refractivity (Wildman–Crippen MR) is 171 cm³/mol. The normalized spacial score (nSPS) is 9.88. The molecule has 0 aliphatic heterocycles. The molecule has 2 heteroatoms. The molecule has 2 nitrogen and oxygen atoms in total. The summed E-state index contributed by atoms with van der Waals surface area (Å²) in [4.78, 5) is 2.07. The number of rotatable bonds is 8. The molecule has 4 rings (SSSR count). The maximum atomic E-state index is 5.92. The van der Waals surface area contributed by atoms with E-state index in [1.165, 1.54) is 19.3 Å². The number of anilines is 1. The first-order valence-electron chi connectivity index (χ1n) is 13.8. The van der Waals surface area contributed by atoms with Crippen LogP contribution in [0.1, 0.15) is 60.4 Å². The Morgan fingerprint density at radius 3 is 2.15 bits per heavy atom. The van der Waals surface area contributed by atoms with Gasteiger partial charge in [0.25, 0.3) is 0 Å². The van der Waals surface area contributed by atoms with Crippen LogP contribution in [-0.4, -0.2) is 20.7 Å². The van der Waals surface area contributed by atoms with Crippen LogP contribution in [0.5, 0.6) is 5.75 Å². The van der Waals surface area contributed by atoms with E-state index in [-0.39, 0.29) is 0 Å². The SMILES string of the molecule is C=Cc1cc(C#Cc2ccc(N(C)C)cc2)ccc1C#CC#Cc1ccc2cc(OCCCCCC)ccc2c1. The lowest BCUT2D eigenvalue weighted by molar-refractivity contribution is 0.305. The summed E-state index contributed by atoms with van der Waals surface area (Å²) in [6, 6.07) is 26.6. The van der Waals surface area contributed by atoms with Crippen LogP contribution in [0.3, 0.4) is 0 Å². The molecule has 198 valence electrons. The van der Waals surface area contributed by atoms with Crippen LogP contribution in [0.15, 0.2) is 85.4 Å². The molecule has 0 heterocycles. The number of unbranched alkanes of at least 4 members (excludes halogenated alkanes) is 3. The molecule has 0 spiro atoms. The van der Waals surface area contributed by atoms with Gasteiger partial charge in [-0.05, 0) is 101 Å². The van der Waals surface area contributed by atoms with Crippen molar-refractivity contribution in [3.8, 4) is 41.3 Å². The molecule has 4 aromatic carbocycles. The van der Waals surface area contributed by atoms with E-state index in [1.807, 2.05) is 56.6 Å². The Kier molecular flexibility index (Phi) is 10.1. The maximum Gasteiger partial charge on any atom is 0.119 e. The Bertz CT molecular complexity index is 1660. The molecule has 4 aromatic rings. The largest absolute Gasteiger partial charge is 0.494 e. The van der Waals surface area contributed by atoms with Gasteiger partial charge in [-0.2, -0.15) is 0 Å². The summed E-state index contributed by atoms with van der Waals surface area (Å²) in [6.45, 7) is 6.94. The van der Waals surface area contributed by atoms with Crippen molar-refractivity contribution in [2.75, 3.05) is 25.6 Å². The van der Waals surface area contributed by atoms with Crippen molar-refractivity contribution < 1.29 is 4.74 Å². The van der Waals surface area contributed by atoms with E-state index in [1.54, 1.807) is 6.08 Å². The lowest BCUT2D eigenvalue weighted by atomic mass is 10.0. The zero-order valence-electron chi connectivity index (χ0n) is 23.7. The van der Waals surface area contributed by atoms with Crippen LogP contribution >= 0.6 is 0 Å². The van der Waals surface area contributed by atoms with Gasteiger partial charge in [0.15, 0.2) is 0 Å². The zero-order valence-corrected chi connectivity index (χ0v) is 23.7. The average molecular weight is 522 g/mol. The maximum absolute atomic E-state index is 5.92. The Balaban J connectivity index is 1.41. The van der Waals surface area contributed by atoms with Crippen molar-refractivity contribution >= 4 is 22.5 Å². The first-order valence-corrected chi connectivity index (χ1v) is 13.8. The van der Waals surface area contributed by atoms with Crippen molar-refractivity contribution in [1.82, 2.24) is 0 Å². The average Bonchev–Trinajstić information content (AvgIpc) is 2.98. The van der Waals surface area contributed by atoms with E-state index in [0.29, 0.717) is 0 Å². The number of benzene rings is 4. The van der Waals surface area contributed by atoms with Crippen LogP contribution in [0.25, 0.3) is 16.8 Å². The van der Waals surface area contributed by atoms with Crippen LogP contribution in [0, 0.1) is 35.5 Å². The molecule has 0 aliphatic rings. The molecule has 0 atom stereocenters. The molecule has 0 aromatic heterocycles. The zero-order chi connectivity index (χ0) is 28.2. The number of hydrogen-bond acceptors (Lipinski definition) is 2. The van der Waals surface area contributed by atoms with Crippen molar-refractivity contribution in [2.24, 2.45) is 0 Å². The fourth-order valence-electron chi connectivity index (χ4n) is 4.22. The molecule has 0 N–H and O–H groups in total. The molecule has 0 bridgehead atoms. The molecule has 0 aliphatic carbocycles. The van der Waals surface area contributed by atoms with Gasteiger partial charge in [0.05, 0.1) is 6.61 Å². The second-order valence-corrected chi connectivity index (χ2v) is 9.83. The highest BCUT2D eigenvalue weighted by Gasteiger charge is 2.00. The Hall–Kier alpha value is -4.84. The van der Waals surface area contributed by atoms with Gasteiger partial charge in [-0.3, -0.25) is 0 Å². The summed E-state index contributed by atoms with van der Waals surface area (Å²) in [6.07, 6.45) is 6.62. The van der Waals surface area contributed by atoms with E-state index in [9.17, 15) is 0 Å². The minimum Gasteiger partial charge on any atom is -0.494 e. The monoisotopic (exact) mass is 521 g/mol. The second kappa shape index (κ2) is 14.4. The van der Waals surface area contributed by atoms with Crippen LogP contribution < -0.4 is 9.64 Å². The van der Waals surface area contributed by atoms with Gasteiger partial charge in [0.1, 0.15) is 5.75 Å². The fraction of sp³-hybridized carbons (Fsp3) is 0.211. The number of nitrogens with zero attached hydrogens (tertiary/aromatic N) is 1. The second-order valence-electron chi connectivity index (χ2n) is 9.83. The number of fused-ring (bicyclic) bond motifs is 1. The van der Waals surface area contributed by atoms with Crippen molar-refractivity contribution in [3.63, 3.8) is 0 Å². The van der Waals surface area contributed by atoms with Crippen LogP contribution in [-0.2, 0) is 0 Å². The fourth-order valence-corrected chi connectivity index (χ4v) is 4.22. The van der Waals surface area contributed by atoms with Crippen molar-refractivity contribution in [2.45, 2.75) is 32.6 Å². The van der Waals surface area contributed by atoms with Crippen LogP contribution in [0.2, 0.25) is 0 Å². The van der Waals surface area contributed by atoms with Gasteiger partial charge in [-0.25, -0.2) is 0 Å². The lowest BCUT2D eigenvalue weighted by Gasteiger charge is -2.11. The van der Waals surface area contributed by atoms with Crippen molar-refractivity contribution in [1.29, 1.82) is 0 Å². The van der Waals surface area contributed by atoms with E-state index >= 15 is 0 Å². The third-order valence-electron chi connectivity index (χ3n) is 6.55. The molecular weight excluding hydrogens is 486 g/mol. The van der Waals surface area contributed by atoms with E-state index in [0.717, 1.165) is 63.1 Å². The van der Waals surface area contributed by atoms with Gasteiger partial charge in [-0.15, -0.1) is 0 Å². The molecule has 0 amide bonds. The highest BCUT2D eigenvalue weighted by molar-refractivity contribution is 5.85. The summed E-state index contributed by atoms with van der Waals surface area (Å²) >= 11 is 0. The van der Waals surface area contributed by atoms with Gasteiger partial charge in [0, 0.05) is 42.0 Å². The van der Waals surface area contributed by atoms with Crippen molar-refractivity contribution in [3.05, 3.63) is 113 Å². The molecule has 0 saturated carbocycles. The molecule has 0 fully saturated rings. The third kappa shape index (κ3) is 8.08. The minimum atomic E-state index is 0.767. The Labute approximate surface area is 239 Å². The van der Waals surface area contributed by atoms with E-state index in [2.05, 4.69) is 90.3 Å². The number of ether oxygens (including phenoxy) is 1. The summed E-state index contributed by atoms with van der Waals surface area (Å²) in [5.41, 5.74) is 5.81. The molecule has 0 unspecified atom stereocenters. The first-order chi connectivity index (χ1) is 19.6. The predicted octanol–water partition coefficient (Wildman–Crippen LogP) is 8.31. The number of hydrogen-bond donors (Lipinski definition) is 0. The minimum absolute atomic E-state index is 0.767. The summed E-state index contributed by atoms with van der Waals surface area (Å²) < 4.78 is 5.92. The summed E-state index contributed by atoms with van der Waals surface area (Å²) in [7, 11) is 4.05. The molecule has 40 heavy (non-hydrogen) atoms. The quantitative estimate of drug-likeness (QED) is 0.171. The topological polar surface area (TPSA) is 12.5 Å². The standard InChI is InChI=1S/C38H35NO/c1-5-7-8-11-26-40-38-25-22-35-28-31(17-21-36(35)29-38)12-9-10-13-34-20-16-32(27-33(34)6-2)15-14-30-18-23-37(24-19-30)39(3)4/h6,16-25,27-29H,2,5,7-8,11,26H2,1,3-4H3. The molecule has 0 radical (unpaired) electrons. The Morgan fingerprint density at radius 1 is 0.700 bits per heavy atom. The third-order valence-corrected chi connectivity index (χ3v) is 6.55. The summed E-state index contributed by atoms with van der Waals surface area (Å²) in [5.74, 6) is 19.7. The smallest absolute Gasteiger partial charge is 0.119 e. The highest BCUT2D eigenvalue weighted by atomic mass is 16.5. The highest BCUT2D eigenvalue weighted by Crippen LogP contribution is 2.22. The summed E-state index contributed by atoms with van der Waals surface area (Å²) in [5, 5.41) is 2.28. The first kappa shape index (κ1) is 28.2. The van der Waals surface area contributed by atoms with Crippen LogP contribution in [0.4, 0.5) is 5.69 Å². The lowest BCUT2D eigenvalue weighted by Crippen LogP contribution is -2.07. The van der Waals surface area contributed by atoms with Gasteiger partial charge < -0.3 is 9.64 Å². The van der Waals surface area contributed by atoms with E-state index in [4.69, 9.17) is 4.74 Å². The van der Waals surface area contributed by atoms with E-state index < -0.39 is 0 Å². The molecule has 0 saturated heterocycles. The van der Waals surface area contributed by atoms with Gasteiger partial charge in [-0.1, -0.05) is 74.7 Å². The Morgan fingerprint density at radius 2 is 1.38 bits per heavy atom.